The van der Waals surface area contributed by atoms with Crippen LogP contribution >= 0.6 is 0 Å². The summed E-state index contributed by atoms with van der Waals surface area (Å²) in [5, 5.41) is 11.1. The number of benzene rings is 1. The third kappa shape index (κ3) is 3.49. The maximum Gasteiger partial charge on any atom is 0.234 e. The minimum atomic E-state index is -0.270. The summed E-state index contributed by atoms with van der Waals surface area (Å²) >= 11 is 0. The van der Waals surface area contributed by atoms with E-state index in [4.69, 9.17) is 10.00 Å². The van der Waals surface area contributed by atoms with E-state index >= 15 is 0 Å². The van der Waals surface area contributed by atoms with Gasteiger partial charge in [-0.25, -0.2) is 0 Å². The van der Waals surface area contributed by atoms with Gasteiger partial charge in [0.2, 0.25) is 5.91 Å². The molecule has 0 atom stereocenters. The molecule has 0 saturated heterocycles. The topological polar surface area (TPSA) is 62.1 Å². The number of hydrogen-bond acceptors (Lipinski definition) is 3. The average Bonchev–Trinajstić information content (AvgIpc) is 2.26. The van der Waals surface area contributed by atoms with Gasteiger partial charge >= 0.3 is 0 Å². The van der Waals surface area contributed by atoms with E-state index < -0.39 is 0 Å². The summed E-state index contributed by atoms with van der Waals surface area (Å²) in [4.78, 5) is 11.2. The molecule has 1 aromatic rings. The van der Waals surface area contributed by atoms with Crippen molar-refractivity contribution in [3.05, 3.63) is 28.8 Å². The quantitative estimate of drug-likeness (QED) is 0.861. The van der Waals surface area contributed by atoms with Crippen LogP contribution in [0.5, 0.6) is 5.75 Å². The van der Waals surface area contributed by atoms with Crippen LogP contribution in [0.15, 0.2) is 12.1 Å². The van der Waals surface area contributed by atoms with Crippen LogP contribution in [-0.2, 0) is 11.3 Å². The van der Waals surface area contributed by atoms with Gasteiger partial charge in [-0.1, -0.05) is 17.7 Å². The van der Waals surface area contributed by atoms with E-state index in [2.05, 4.69) is 5.32 Å². The second-order valence-corrected chi connectivity index (χ2v) is 3.89. The summed E-state index contributed by atoms with van der Waals surface area (Å²) in [6.45, 7) is 4.34. The summed E-state index contributed by atoms with van der Waals surface area (Å²) in [6, 6.07) is 5.81. The fourth-order valence-electron chi connectivity index (χ4n) is 1.79. The normalized spacial score (nSPS) is 9.53. The molecule has 0 aliphatic carbocycles. The molecule has 1 aromatic carbocycles. The lowest BCUT2D eigenvalue weighted by atomic mass is 10.1. The number of hydrogen-bond donors (Lipinski definition) is 1. The number of nitriles is 1. The molecule has 1 amide bonds. The van der Waals surface area contributed by atoms with Gasteiger partial charge in [0.05, 0.1) is 13.2 Å². The molecule has 4 heteroatoms. The van der Waals surface area contributed by atoms with Crippen LogP contribution < -0.4 is 10.1 Å². The second-order valence-electron chi connectivity index (χ2n) is 3.89. The largest absolute Gasteiger partial charge is 0.496 e. The monoisotopic (exact) mass is 232 g/mol. The van der Waals surface area contributed by atoms with E-state index in [0.29, 0.717) is 6.54 Å². The number of nitrogens with zero attached hydrogens (tertiary/aromatic N) is 1. The molecule has 1 N–H and O–H groups in total. The van der Waals surface area contributed by atoms with Crippen LogP contribution in [0.1, 0.15) is 23.1 Å². The van der Waals surface area contributed by atoms with Crippen LogP contribution in [0, 0.1) is 25.2 Å². The first kappa shape index (κ1) is 13.0. The number of rotatable bonds is 4. The summed E-state index contributed by atoms with van der Waals surface area (Å²) in [5.74, 6) is 0.515. The zero-order chi connectivity index (χ0) is 12.8. The zero-order valence-electron chi connectivity index (χ0n) is 10.3. The zero-order valence-corrected chi connectivity index (χ0v) is 10.3. The summed E-state index contributed by atoms with van der Waals surface area (Å²) in [7, 11) is 1.61. The first-order valence-electron chi connectivity index (χ1n) is 5.36. The van der Waals surface area contributed by atoms with E-state index in [-0.39, 0.29) is 12.3 Å². The van der Waals surface area contributed by atoms with E-state index in [1.807, 2.05) is 32.0 Å². The molecule has 17 heavy (non-hydrogen) atoms. The smallest absolute Gasteiger partial charge is 0.234 e. The van der Waals surface area contributed by atoms with E-state index in [0.717, 1.165) is 22.4 Å². The highest BCUT2D eigenvalue weighted by molar-refractivity contribution is 5.78. The van der Waals surface area contributed by atoms with Gasteiger partial charge in [-0.05, 0) is 19.4 Å². The maximum absolute atomic E-state index is 11.2. The predicted molar refractivity (Wildman–Crippen MR) is 64.5 cm³/mol. The standard InChI is InChI=1S/C13H16N2O2/c1-9-6-10(2)13(17-3)11(7-9)8-15-12(16)4-5-14/h6-7H,4,8H2,1-3H3,(H,15,16). The third-order valence-corrected chi connectivity index (χ3v) is 2.42. The predicted octanol–water partition coefficient (Wildman–Crippen LogP) is 1.84. The van der Waals surface area contributed by atoms with Crippen molar-refractivity contribution in [3.8, 4) is 11.8 Å². The van der Waals surface area contributed by atoms with Gasteiger partial charge in [-0.2, -0.15) is 5.26 Å². The highest BCUT2D eigenvalue weighted by Crippen LogP contribution is 2.24. The molecule has 0 unspecified atom stereocenters. The van der Waals surface area contributed by atoms with Crippen molar-refractivity contribution in [2.24, 2.45) is 0 Å². The SMILES string of the molecule is COc1c(C)cc(C)cc1CNC(=O)CC#N. The molecular weight excluding hydrogens is 216 g/mol. The van der Waals surface area contributed by atoms with Crippen LogP contribution in [0.25, 0.3) is 0 Å². The van der Waals surface area contributed by atoms with Gasteiger partial charge in [0.15, 0.2) is 0 Å². The highest BCUT2D eigenvalue weighted by atomic mass is 16.5. The molecule has 4 nitrogen and oxygen atoms in total. The minimum absolute atomic E-state index is 0.118. The summed E-state index contributed by atoms with van der Waals surface area (Å²) in [6.07, 6.45) is -0.118. The summed E-state index contributed by atoms with van der Waals surface area (Å²) in [5.41, 5.74) is 3.08. The Balaban J connectivity index is 2.83. The van der Waals surface area contributed by atoms with Crippen molar-refractivity contribution >= 4 is 5.91 Å². The van der Waals surface area contributed by atoms with Gasteiger partial charge in [0.25, 0.3) is 0 Å². The Morgan fingerprint density at radius 3 is 2.76 bits per heavy atom. The first-order chi connectivity index (χ1) is 8.08. The molecule has 0 aliphatic rings. The second kappa shape index (κ2) is 5.90. The van der Waals surface area contributed by atoms with Gasteiger partial charge in [-0.15, -0.1) is 0 Å². The molecule has 0 bridgehead atoms. The number of aryl methyl sites for hydroxylation is 2. The van der Waals surface area contributed by atoms with Crippen molar-refractivity contribution in [1.29, 1.82) is 5.26 Å². The van der Waals surface area contributed by atoms with Crippen molar-refractivity contribution < 1.29 is 9.53 Å². The lowest BCUT2D eigenvalue weighted by molar-refractivity contribution is -0.120. The Bertz CT molecular complexity index is 461. The number of carbonyl (C=O) groups excluding carboxylic acids is 1. The number of carbonyl (C=O) groups is 1. The van der Waals surface area contributed by atoms with Crippen molar-refractivity contribution in [2.45, 2.75) is 26.8 Å². The van der Waals surface area contributed by atoms with Crippen molar-refractivity contribution in [1.82, 2.24) is 5.32 Å². The molecule has 0 saturated carbocycles. The van der Waals surface area contributed by atoms with Gasteiger partial charge in [0.1, 0.15) is 12.2 Å². The van der Waals surface area contributed by atoms with Gasteiger partial charge < -0.3 is 10.1 Å². The van der Waals surface area contributed by atoms with Crippen molar-refractivity contribution in [3.63, 3.8) is 0 Å². The number of amides is 1. The lowest BCUT2D eigenvalue weighted by Crippen LogP contribution is -2.22. The Kier molecular flexibility index (Phi) is 4.53. The maximum atomic E-state index is 11.2. The molecule has 90 valence electrons. The third-order valence-electron chi connectivity index (χ3n) is 2.42. The molecule has 0 heterocycles. The Hall–Kier alpha value is -2.02. The number of ether oxygens (including phenoxy) is 1. The molecule has 0 aliphatic heterocycles. The Labute approximate surface area is 101 Å². The Morgan fingerprint density at radius 2 is 2.18 bits per heavy atom. The van der Waals surface area contributed by atoms with Crippen LogP contribution in [-0.4, -0.2) is 13.0 Å². The Morgan fingerprint density at radius 1 is 1.47 bits per heavy atom. The molecule has 0 spiro atoms. The fraction of sp³-hybridized carbons (Fsp3) is 0.385. The van der Waals surface area contributed by atoms with Crippen LogP contribution in [0.2, 0.25) is 0 Å². The number of nitrogens with one attached hydrogen (secondary N) is 1. The van der Waals surface area contributed by atoms with E-state index in [1.54, 1.807) is 7.11 Å². The molecule has 0 fully saturated rings. The first-order valence-corrected chi connectivity index (χ1v) is 5.36. The van der Waals surface area contributed by atoms with E-state index in [1.165, 1.54) is 0 Å². The fourth-order valence-corrected chi connectivity index (χ4v) is 1.79. The molecule has 1 rings (SSSR count). The highest BCUT2D eigenvalue weighted by Gasteiger charge is 2.08. The summed E-state index contributed by atoms with van der Waals surface area (Å²) < 4.78 is 5.31. The lowest BCUT2D eigenvalue weighted by Gasteiger charge is -2.13. The number of methoxy groups -OCH3 is 1. The van der Waals surface area contributed by atoms with Crippen LogP contribution in [0.4, 0.5) is 0 Å². The van der Waals surface area contributed by atoms with E-state index in [9.17, 15) is 4.79 Å². The molecular formula is C13H16N2O2. The van der Waals surface area contributed by atoms with Gasteiger partial charge in [-0.3, -0.25) is 4.79 Å². The van der Waals surface area contributed by atoms with Crippen LogP contribution in [0.3, 0.4) is 0 Å². The molecule has 0 aromatic heterocycles. The minimum Gasteiger partial charge on any atom is -0.496 e. The van der Waals surface area contributed by atoms with Gasteiger partial charge in [0, 0.05) is 12.1 Å². The van der Waals surface area contributed by atoms with Crippen molar-refractivity contribution in [2.75, 3.05) is 7.11 Å². The molecule has 0 radical (unpaired) electrons. The average molecular weight is 232 g/mol.